The summed E-state index contributed by atoms with van der Waals surface area (Å²) in [5.41, 5.74) is 2.62. The third kappa shape index (κ3) is 2.45. The van der Waals surface area contributed by atoms with Crippen molar-refractivity contribution in [2.24, 2.45) is 0 Å². The Morgan fingerprint density at radius 1 is 1.43 bits per heavy atom. The highest BCUT2D eigenvalue weighted by Crippen LogP contribution is 2.37. The number of halogens is 1. The first-order valence-electron chi connectivity index (χ1n) is 6.79. The topological polar surface area (TPSA) is 58.1 Å². The first kappa shape index (κ1) is 13.8. The molecule has 1 N–H and O–H groups in total. The molecule has 0 bridgehead atoms. The Labute approximate surface area is 128 Å². The van der Waals surface area contributed by atoms with E-state index < -0.39 is 0 Å². The highest BCUT2D eigenvalue weighted by Gasteiger charge is 2.34. The Morgan fingerprint density at radius 2 is 2.24 bits per heavy atom. The zero-order chi connectivity index (χ0) is 15.0. The normalized spacial score (nSPS) is 17.4. The van der Waals surface area contributed by atoms with E-state index in [0.29, 0.717) is 17.9 Å². The highest BCUT2D eigenvalue weighted by atomic mass is 35.5. The molecular formula is C15H15ClN4O. The number of benzene rings is 1. The maximum atomic E-state index is 12.3. The minimum absolute atomic E-state index is 0.0579. The molecule has 1 atom stereocenters. The van der Waals surface area contributed by atoms with Gasteiger partial charge >= 0.3 is 0 Å². The highest BCUT2D eigenvalue weighted by molar-refractivity contribution is 6.28. The quantitative estimate of drug-likeness (QED) is 0.865. The minimum atomic E-state index is -0.315. The van der Waals surface area contributed by atoms with Crippen molar-refractivity contribution in [2.75, 3.05) is 10.2 Å². The number of nitrogens with zero attached hydrogens (tertiary/aromatic N) is 3. The molecule has 0 saturated carbocycles. The largest absolute Gasteiger partial charge is 0.320 e. The number of hydrogen-bond acceptors (Lipinski definition) is 4. The van der Waals surface area contributed by atoms with Crippen LogP contribution in [0.5, 0.6) is 0 Å². The van der Waals surface area contributed by atoms with E-state index in [-0.39, 0.29) is 17.2 Å². The van der Waals surface area contributed by atoms with Crippen LogP contribution >= 0.6 is 11.6 Å². The number of aromatic nitrogens is 2. The second-order valence-corrected chi connectivity index (χ2v) is 5.34. The summed E-state index contributed by atoms with van der Waals surface area (Å²) in [4.78, 5) is 22.5. The Bertz CT molecular complexity index is 704. The van der Waals surface area contributed by atoms with Crippen LogP contribution in [0.15, 0.2) is 30.5 Å². The van der Waals surface area contributed by atoms with E-state index in [9.17, 15) is 4.79 Å². The molecular weight excluding hydrogens is 288 g/mol. The summed E-state index contributed by atoms with van der Waals surface area (Å²) < 4.78 is 0. The zero-order valence-corrected chi connectivity index (χ0v) is 12.6. The van der Waals surface area contributed by atoms with Crippen LogP contribution in [0.3, 0.4) is 0 Å². The van der Waals surface area contributed by atoms with Crippen LogP contribution in [0.2, 0.25) is 5.28 Å². The van der Waals surface area contributed by atoms with Crippen LogP contribution in [0.25, 0.3) is 0 Å². The number of carbonyl (C=O) groups is 1. The number of rotatable bonds is 2. The Morgan fingerprint density at radius 3 is 2.95 bits per heavy atom. The molecule has 0 fully saturated rings. The Balaban J connectivity index is 2.19. The molecule has 5 nitrogen and oxygen atoms in total. The molecule has 1 unspecified atom stereocenters. The van der Waals surface area contributed by atoms with Gasteiger partial charge in [0.2, 0.25) is 11.2 Å². The molecule has 0 spiro atoms. The van der Waals surface area contributed by atoms with Gasteiger partial charge in [-0.3, -0.25) is 4.79 Å². The third-order valence-corrected chi connectivity index (χ3v) is 3.69. The first-order valence-corrected chi connectivity index (χ1v) is 7.17. The number of hydrogen-bond donors (Lipinski definition) is 1. The lowest BCUT2D eigenvalue weighted by Gasteiger charge is -2.36. The van der Waals surface area contributed by atoms with Crippen LogP contribution in [-0.2, 0) is 4.79 Å². The molecule has 2 heterocycles. The van der Waals surface area contributed by atoms with Gasteiger partial charge in [-0.2, -0.15) is 4.98 Å². The molecule has 0 saturated heterocycles. The van der Waals surface area contributed by atoms with Crippen LogP contribution in [0.4, 0.5) is 17.2 Å². The SMILES string of the molecule is CCC1C(=O)Nc2cnc(Cl)nc2N1c1cccc(C)c1. The average Bonchev–Trinajstić information content (AvgIpc) is 2.46. The van der Waals surface area contributed by atoms with E-state index in [0.717, 1.165) is 11.3 Å². The number of nitrogens with one attached hydrogen (secondary N) is 1. The van der Waals surface area contributed by atoms with Crippen molar-refractivity contribution < 1.29 is 4.79 Å². The van der Waals surface area contributed by atoms with Crippen molar-refractivity contribution in [3.05, 3.63) is 41.3 Å². The Hall–Kier alpha value is -2.14. The molecule has 2 aromatic rings. The molecule has 3 rings (SSSR count). The van der Waals surface area contributed by atoms with Gasteiger partial charge in [0.15, 0.2) is 5.82 Å². The van der Waals surface area contributed by atoms with Crippen molar-refractivity contribution >= 4 is 34.7 Å². The molecule has 1 aromatic heterocycles. The van der Waals surface area contributed by atoms with Crippen molar-refractivity contribution in [2.45, 2.75) is 26.3 Å². The first-order chi connectivity index (χ1) is 10.1. The van der Waals surface area contributed by atoms with Gasteiger partial charge < -0.3 is 10.2 Å². The van der Waals surface area contributed by atoms with E-state index in [1.54, 1.807) is 0 Å². The minimum Gasteiger partial charge on any atom is -0.320 e. The van der Waals surface area contributed by atoms with Gasteiger partial charge in [0.1, 0.15) is 11.7 Å². The summed E-state index contributed by atoms with van der Waals surface area (Å²) >= 11 is 5.93. The van der Waals surface area contributed by atoms with Crippen LogP contribution in [-0.4, -0.2) is 21.9 Å². The number of carbonyl (C=O) groups excluding carboxylic acids is 1. The van der Waals surface area contributed by atoms with Crippen molar-refractivity contribution in [3.8, 4) is 0 Å². The van der Waals surface area contributed by atoms with Gasteiger partial charge in [-0.15, -0.1) is 0 Å². The maximum Gasteiger partial charge on any atom is 0.247 e. The fourth-order valence-electron chi connectivity index (χ4n) is 2.55. The van der Waals surface area contributed by atoms with E-state index >= 15 is 0 Å². The standard InChI is InChI=1S/C15H15ClN4O/c1-3-12-14(21)18-11-8-17-15(16)19-13(11)20(12)10-6-4-5-9(2)7-10/h4-8,12H,3H2,1-2H3,(H,18,21). The maximum absolute atomic E-state index is 12.3. The summed E-state index contributed by atoms with van der Waals surface area (Å²) in [5, 5.41) is 3.00. The second-order valence-electron chi connectivity index (χ2n) is 5.00. The van der Waals surface area contributed by atoms with E-state index in [2.05, 4.69) is 15.3 Å². The fourth-order valence-corrected chi connectivity index (χ4v) is 2.68. The van der Waals surface area contributed by atoms with Gasteiger partial charge in [0.25, 0.3) is 0 Å². The molecule has 6 heteroatoms. The molecule has 1 aliphatic rings. The monoisotopic (exact) mass is 302 g/mol. The predicted octanol–water partition coefficient (Wildman–Crippen LogP) is 3.31. The lowest BCUT2D eigenvalue weighted by atomic mass is 10.1. The van der Waals surface area contributed by atoms with Gasteiger partial charge in [-0.1, -0.05) is 19.1 Å². The molecule has 108 valence electrons. The van der Waals surface area contributed by atoms with Crippen LogP contribution in [0.1, 0.15) is 18.9 Å². The number of fused-ring (bicyclic) bond motifs is 1. The van der Waals surface area contributed by atoms with Gasteiger partial charge in [0, 0.05) is 5.69 Å². The van der Waals surface area contributed by atoms with E-state index in [1.165, 1.54) is 6.20 Å². The summed E-state index contributed by atoms with van der Waals surface area (Å²) in [6.07, 6.45) is 2.21. The molecule has 1 aromatic carbocycles. The van der Waals surface area contributed by atoms with E-state index in [1.807, 2.05) is 43.0 Å². The van der Waals surface area contributed by atoms with Crippen molar-refractivity contribution in [1.29, 1.82) is 0 Å². The zero-order valence-electron chi connectivity index (χ0n) is 11.8. The van der Waals surface area contributed by atoms with E-state index in [4.69, 9.17) is 11.6 Å². The number of aryl methyl sites for hydroxylation is 1. The summed E-state index contributed by atoms with van der Waals surface area (Å²) in [5.74, 6) is 0.574. The average molecular weight is 303 g/mol. The van der Waals surface area contributed by atoms with Gasteiger partial charge in [-0.05, 0) is 42.6 Å². The molecule has 0 radical (unpaired) electrons. The smallest absolute Gasteiger partial charge is 0.247 e. The summed E-state index contributed by atoms with van der Waals surface area (Å²) in [6.45, 7) is 3.99. The Kier molecular flexibility index (Phi) is 3.51. The summed E-state index contributed by atoms with van der Waals surface area (Å²) in [7, 11) is 0. The van der Waals surface area contributed by atoms with Gasteiger partial charge in [0.05, 0.1) is 6.20 Å². The summed E-state index contributed by atoms with van der Waals surface area (Å²) in [6, 6.07) is 7.66. The second kappa shape index (κ2) is 5.33. The molecule has 0 aliphatic carbocycles. The third-order valence-electron chi connectivity index (χ3n) is 3.51. The number of amides is 1. The van der Waals surface area contributed by atoms with Gasteiger partial charge in [-0.25, -0.2) is 4.98 Å². The fraction of sp³-hybridized carbons (Fsp3) is 0.267. The van der Waals surface area contributed by atoms with Crippen molar-refractivity contribution in [3.63, 3.8) is 0 Å². The molecule has 1 aliphatic heterocycles. The van der Waals surface area contributed by atoms with Crippen LogP contribution < -0.4 is 10.2 Å². The predicted molar refractivity (Wildman–Crippen MR) is 83.1 cm³/mol. The molecule has 1 amide bonds. The lowest BCUT2D eigenvalue weighted by Crippen LogP contribution is -2.45. The van der Waals surface area contributed by atoms with Crippen LogP contribution in [0, 0.1) is 6.92 Å². The molecule has 21 heavy (non-hydrogen) atoms. The number of anilines is 3. The van der Waals surface area contributed by atoms with Crippen molar-refractivity contribution in [1.82, 2.24) is 9.97 Å². The lowest BCUT2D eigenvalue weighted by molar-refractivity contribution is -0.117.